The number of anilines is 1. The predicted molar refractivity (Wildman–Crippen MR) is 103 cm³/mol. The lowest BCUT2D eigenvalue weighted by Gasteiger charge is -2.03. The highest BCUT2D eigenvalue weighted by Crippen LogP contribution is 2.26. The molecule has 0 aliphatic carbocycles. The lowest BCUT2D eigenvalue weighted by molar-refractivity contribution is -0.113. The minimum absolute atomic E-state index is 0.167. The molecule has 6 nitrogen and oxygen atoms in total. The van der Waals surface area contributed by atoms with E-state index in [-0.39, 0.29) is 22.2 Å². The third-order valence-corrected chi connectivity index (χ3v) is 4.86. The molecule has 9 heteroatoms. The number of amides is 1. The van der Waals surface area contributed by atoms with Gasteiger partial charge in [0, 0.05) is 10.7 Å². The number of hydrogen-bond donors (Lipinski definition) is 2. The number of carbonyl (C=O) groups excluding carboxylic acids is 2. The predicted octanol–water partition coefficient (Wildman–Crippen LogP) is 4.39. The van der Waals surface area contributed by atoms with Crippen molar-refractivity contribution < 1.29 is 14.3 Å². The maximum Gasteiger partial charge on any atom is 0.339 e. The molecule has 3 aromatic rings. The lowest BCUT2D eigenvalue weighted by Crippen LogP contribution is -2.13. The number of nitrogens with one attached hydrogen (secondary N) is 2. The Balaban J connectivity index is 1.68. The number of H-pyrrole nitrogens is 1. The van der Waals surface area contributed by atoms with E-state index >= 15 is 0 Å². The molecule has 0 radical (unpaired) electrons. The number of ether oxygens (including phenoxy) is 1. The van der Waals surface area contributed by atoms with Gasteiger partial charge in [-0.1, -0.05) is 35.0 Å². The third-order valence-electron chi connectivity index (χ3n) is 3.42. The van der Waals surface area contributed by atoms with Gasteiger partial charge in [0.1, 0.15) is 0 Å². The van der Waals surface area contributed by atoms with Gasteiger partial charge >= 0.3 is 5.97 Å². The van der Waals surface area contributed by atoms with Crippen LogP contribution in [0.4, 0.5) is 5.69 Å². The van der Waals surface area contributed by atoms with Gasteiger partial charge in [-0.15, -0.1) is 0 Å². The molecule has 0 fully saturated rings. The van der Waals surface area contributed by atoms with Crippen molar-refractivity contribution in [2.45, 2.75) is 5.16 Å². The number of hydrogen-bond acceptors (Lipinski definition) is 5. The summed E-state index contributed by atoms with van der Waals surface area (Å²) >= 11 is 13.1. The van der Waals surface area contributed by atoms with Crippen LogP contribution in [0.3, 0.4) is 0 Å². The Morgan fingerprint density at radius 1 is 1.23 bits per heavy atom. The summed E-state index contributed by atoms with van der Waals surface area (Å²) in [5.41, 5.74) is 2.14. The van der Waals surface area contributed by atoms with E-state index in [9.17, 15) is 9.59 Å². The Morgan fingerprint density at radius 3 is 2.65 bits per heavy atom. The second-order valence-corrected chi connectivity index (χ2v) is 7.03. The van der Waals surface area contributed by atoms with Gasteiger partial charge in [-0.05, 0) is 36.4 Å². The van der Waals surface area contributed by atoms with Crippen molar-refractivity contribution in [3.8, 4) is 0 Å². The molecule has 0 atom stereocenters. The smallest absolute Gasteiger partial charge is 0.339 e. The summed E-state index contributed by atoms with van der Waals surface area (Å²) < 4.78 is 4.69. The average Bonchev–Trinajstić information content (AvgIpc) is 3.02. The van der Waals surface area contributed by atoms with Gasteiger partial charge in [-0.3, -0.25) is 4.79 Å². The minimum Gasteiger partial charge on any atom is -0.465 e. The fraction of sp³-hybridized carbons (Fsp3) is 0.118. The molecular weight excluding hydrogens is 397 g/mol. The van der Waals surface area contributed by atoms with Crippen molar-refractivity contribution in [1.82, 2.24) is 9.97 Å². The number of halogens is 2. The van der Waals surface area contributed by atoms with Gasteiger partial charge in [-0.2, -0.15) is 0 Å². The van der Waals surface area contributed by atoms with Crippen LogP contribution in [0.2, 0.25) is 10.0 Å². The van der Waals surface area contributed by atoms with Crippen LogP contribution in [0.15, 0.2) is 41.6 Å². The van der Waals surface area contributed by atoms with E-state index < -0.39 is 5.97 Å². The molecule has 0 bridgehead atoms. The third kappa shape index (κ3) is 4.30. The number of methoxy groups -OCH3 is 1. The van der Waals surface area contributed by atoms with Crippen LogP contribution in [-0.4, -0.2) is 34.7 Å². The zero-order valence-corrected chi connectivity index (χ0v) is 15.8. The Kier molecular flexibility index (Phi) is 5.70. The van der Waals surface area contributed by atoms with Crippen LogP contribution in [0.1, 0.15) is 10.4 Å². The molecule has 0 saturated carbocycles. The Bertz CT molecular complexity index is 973. The monoisotopic (exact) mass is 409 g/mol. The molecule has 0 unspecified atom stereocenters. The van der Waals surface area contributed by atoms with E-state index in [0.717, 1.165) is 0 Å². The number of rotatable bonds is 5. The molecule has 0 spiro atoms. The molecule has 0 saturated heterocycles. The van der Waals surface area contributed by atoms with Crippen molar-refractivity contribution in [3.63, 3.8) is 0 Å². The topological polar surface area (TPSA) is 84.1 Å². The summed E-state index contributed by atoms with van der Waals surface area (Å²) in [6.45, 7) is 0. The van der Waals surface area contributed by atoms with Crippen molar-refractivity contribution in [1.29, 1.82) is 0 Å². The second-order valence-electron chi connectivity index (χ2n) is 5.23. The minimum atomic E-state index is -0.531. The summed E-state index contributed by atoms with van der Waals surface area (Å²) in [7, 11) is 1.29. The fourth-order valence-electron chi connectivity index (χ4n) is 2.21. The number of imidazole rings is 1. The molecule has 1 heterocycles. The zero-order valence-electron chi connectivity index (χ0n) is 13.5. The Hall–Kier alpha value is -2.22. The first-order valence-electron chi connectivity index (χ1n) is 7.42. The quantitative estimate of drug-likeness (QED) is 0.482. The molecule has 3 rings (SSSR count). The van der Waals surface area contributed by atoms with Crippen LogP contribution in [-0.2, 0) is 9.53 Å². The van der Waals surface area contributed by atoms with Crippen LogP contribution < -0.4 is 5.32 Å². The summed E-state index contributed by atoms with van der Waals surface area (Å²) in [4.78, 5) is 31.1. The highest BCUT2D eigenvalue weighted by molar-refractivity contribution is 7.99. The van der Waals surface area contributed by atoms with Crippen molar-refractivity contribution in [2.24, 2.45) is 0 Å². The fourth-order valence-corrected chi connectivity index (χ4v) is 3.26. The van der Waals surface area contributed by atoms with Gasteiger partial charge in [-0.25, -0.2) is 9.78 Å². The summed E-state index contributed by atoms with van der Waals surface area (Å²) in [6, 6.07) is 10.0. The van der Waals surface area contributed by atoms with E-state index in [0.29, 0.717) is 26.9 Å². The number of esters is 1. The highest BCUT2D eigenvalue weighted by atomic mass is 35.5. The van der Waals surface area contributed by atoms with Gasteiger partial charge in [0.2, 0.25) is 5.91 Å². The molecule has 0 aliphatic heterocycles. The first kappa shape index (κ1) is 18.6. The van der Waals surface area contributed by atoms with Crippen LogP contribution in [0.25, 0.3) is 11.0 Å². The number of thioether (sulfide) groups is 1. The number of fused-ring (bicyclic) bond motifs is 1. The van der Waals surface area contributed by atoms with E-state index in [4.69, 9.17) is 23.2 Å². The van der Waals surface area contributed by atoms with Crippen molar-refractivity contribution in [3.05, 3.63) is 52.0 Å². The summed E-state index contributed by atoms with van der Waals surface area (Å²) in [6.07, 6.45) is 0. The largest absolute Gasteiger partial charge is 0.465 e. The number of aromatic nitrogens is 2. The van der Waals surface area contributed by atoms with E-state index in [2.05, 4.69) is 20.0 Å². The molecule has 1 amide bonds. The first-order valence-corrected chi connectivity index (χ1v) is 9.16. The molecule has 0 aliphatic rings. The maximum atomic E-state index is 12.0. The lowest BCUT2D eigenvalue weighted by atomic mass is 10.2. The SMILES string of the molecule is COC(=O)c1cc2nc(SCC(=O)Nc3ccc(Cl)cc3)[nH]c2cc1Cl. The number of nitrogens with zero attached hydrogens (tertiary/aromatic N) is 1. The number of aromatic amines is 1. The summed E-state index contributed by atoms with van der Waals surface area (Å²) in [5, 5.41) is 4.19. The summed E-state index contributed by atoms with van der Waals surface area (Å²) in [5.74, 6) is -0.539. The molecule has 26 heavy (non-hydrogen) atoms. The van der Waals surface area contributed by atoms with E-state index in [1.54, 1.807) is 36.4 Å². The Morgan fingerprint density at radius 2 is 1.96 bits per heavy atom. The van der Waals surface area contributed by atoms with Crippen LogP contribution in [0, 0.1) is 0 Å². The average molecular weight is 410 g/mol. The number of benzene rings is 2. The van der Waals surface area contributed by atoms with Crippen molar-refractivity contribution in [2.75, 3.05) is 18.2 Å². The molecule has 2 aromatic carbocycles. The molecule has 1 aromatic heterocycles. The van der Waals surface area contributed by atoms with Gasteiger partial charge in [0.15, 0.2) is 5.16 Å². The maximum absolute atomic E-state index is 12.0. The first-order chi connectivity index (χ1) is 12.5. The number of carbonyl (C=O) groups is 2. The van der Waals surface area contributed by atoms with Gasteiger partial charge in [0.25, 0.3) is 0 Å². The highest BCUT2D eigenvalue weighted by Gasteiger charge is 2.15. The van der Waals surface area contributed by atoms with Crippen molar-refractivity contribution >= 4 is 63.6 Å². The normalized spacial score (nSPS) is 10.7. The van der Waals surface area contributed by atoms with E-state index in [1.807, 2.05) is 0 Å². The molecular formula is C17H13Cl2N3O3S. The van der Waals surface area contributed by atoms with Crippen LogP contribution >= 0.6 is 35.0 Å². The molecule has 134 valence electrons. The molecule has 2 N–H and O–H groups in total. The van der Waals surface area contributed by atoms with Gasteiger partial charge in [0.05, 0.1) is 34.5 Å². The zero-order chi connectivity index (χ0) is 18.7. The Labute approximate surface area is 163 Å². The van der Waals surface area contributed by atoms with E-state index in [1.165, 1.54) is 18.9 Å². The van der Waals surface area contributed by atoms with Gasteiger partial charge < -0.3 is 15.0 Å². The standard InChI is InChI=1S/C17H13Cl2N3O3S/c1-25-16(24)11-6-13-14(7-12(11)19)22-17(21-13)26-8-15(23)20-10-4-2-9(18)3-5-10/h2-7H,8H2,1H3,(H,20,23)(H,21,22). The van der Waals surface area contributed by atoms with Crippen LogP contribution in [0.5, 0.6) is 0 Å². The second kappa shape index (κ2) is 7.99.